The van der Waals surface area contributed by atoms with Crippen molar-refractivity contribution in [2.75, 3.05) is 26.4 Å². The lowest BCUT2D eigenvalue weighted by molar-refractivity contribution is -0.161. The molecule has 0 aromatic carbocycles. The zero-order valence-electron chi connectivity index (χ0n) is 51.9. The number of ether oxygens (including phenoxy) is 2. The van der Waals surface area contributed by atoms with Gasteiger partial charge < -0.3 is 20.1 Å². The Labute approximate surface area is 484 Å². The number of hydrogen-bond donors (Lipinski definition) is 2. The Balaban J connectivity index is 3.70. The van der Waals surface area contributed by atoms with Crippen LogP contribution >= 0.6 is 7.82 Å². The van der Waals surface area contributed by atoms with Crippen molar-refractivity contribution >= 4 is 19.8 Å². The number of allylic oxidation sites excluding steroid dienone is 4. The van der Waals surface area contributed by atoms with Crippen LogP contribution in [0.5, 0.6) is 0 Å². The molecule has 0 aliphatic heterocycles. The number of carbonyl (C=O) groups excluding carboxylic acids is 2. The molecule has 0 amide bonds. The summed E-state index contributed by atoms with van der Waals surface area (Å²) in [6.45, 7) is 3.77. The second-order valence-corrected chi connectivity index (χ2v) is 24.9. The molecule has 0 aliphatic carbocycles. The molecule has 0 aromatic rings. The smallest absolute Gasteiger partial charge is 0.462 e. The van der Waals surface area contributed by atoms with Gasteiger partial charge in [-0.2, -0.15) is 0 Å². The van der Waals surface area contributed by atoms with E-state index in [1.165, 1.54) is 283 Å². The fourth-order valence-electron chi connectivity index (χ4n) is 10.5. The van der Waals surface area contributed by atoms with Crippen molar-refractivity contribution in [2.24, 2.45) is 5.73 Å². The number of esters is 2. The number of phosphoric acid groups is 1. The lowest BCUT2D eigenvalue weighted by Crippen LogP contribution is -2.29. The third kappa shape index (κ3) is 63.7. The fourth-order valence-corrected chi connectivity index (χ4v) is 11.3. The summed E-state index contributed by atoms with van der Waals surface area (Å²) in [5.41, 5.74) is 5.39. The highest BCUT2D eigenvalue weighted by molar-refractivity contribution is 7.47. The summed E-state index contributed by atoms with van der Waals surface area (Å²) in [4.78, 5) is 35.2. The van der Waals surface area contributed by atoms with E-state index in [4.69, 9.17) is 24.3 Å². The summed E-state index contributed by atoms with van der Waals surface area (Å²) in [6, 6.07) is 0. The van der Waals surface area contributed by atoms with Crippen LogP contribution in [-0.2, 0) is 32.7 Å². The Bertz CT molecular complexity index is 1330. The van der Waals surface area contributed by atoms with E-state index in [1.54, 1.807) is 0 Å². The van der Waals surface area contributed by atoms with Gasteiger partial charge in [0.25, 0.3) is 0 Å². The SMILES string of the molecule is CCCCC/C=C\C/C=C\CCCCCCCCCC(=O)OC(COC(=O)CCCCCCCCCCCCCCCCCCCCCCCCCCCCCCCCCCCCCCCCCC)COP(=O)(O)OCCN. The number of carbonyl (C=O) groups is 2. The predicted octanol–water partition coefficient (Wildman–Crippen LogP) is 22.1. The number of hydrogen-bond acceptors (Lipinski definition) is 8. The van der Waals surface area contributed by atoms with Crippen LogP contribution in [0.4, 0.5) is 0 Å². The molecule has 0 saturated heterocycles. The largest absolute Gasteiger partial charge is 0.472 e. The minimum atomic E-state index is -4.39. The van der Waals surface area contributed by atoms with Crippen molar-refractivity contribution in [3.63, 3.8) is 0 Å². The van der Waals surface area contributed by atoms with Gasteiger partial charge in [-0.1, -0.05) is 334 Å². The molecule has 0 aliphatic rings. The van der Waals surface area contributed by atoms with Gasteiger partial charge in [-0.15, -0.1) is 0 Å². The quantitative estimate of drug-likeness (QED) is 0.0264. The molecule has 0 fully saturated rings. The highest BCUT2D eigenvalue weighted by Crippen LogP contribution is 2.43. The first-order valence-corrected chi connectivity index (χ1v) is 35.8. The Hall–Kier alpha value is -1.51. The maximum absolute atomic E-state index is 12.7. The molecular formula is C68H132NO8P. The van der Waals surface area contributed by atoms with Crippen molar-refractivity contribution in [2.45, 2.75) is 373 Å². The molecular weight excluding hydrogens is 990 g/mol. The van der Waals surface area contributed by atoms with Gasteiger partial charge in [0.1, 0.15) is 6.61 Å². The van der Waals surface area contributed by atoms with Crippen molar-refractivity contribution in [3.8, 4) is 0 Å². The number of rotatable bonds is 66. The Morgan fingerprint density at radius 3 is 1.00 bits per heavy atom. The zero-order chi connectivity index (χ0) is 56.6. The first-order chi connectivity index (χ1) is 38.3. The number of unbranched alkanes of at least 4 members (excludes halogenated alkanes) is 49. The average Bonchev–Trinajstić information content (AvgIpc) is 3.43. The second-order valence-electron chi connectivity index (χ2n) is 23.4. The van der Waals surface area contributed by atoms with Gasteiger partial charge in [-0.25, -0.2) is 4.57 Å². The Kier molecular flexibility index (Phi) is 63.4. The average molecular weight is 1120 g/mol. The van der Waals surface area contributed by atoms with E-state index in [2.05, 4.69) is 38.2 Å². The molecule has 0 rings (SSSR count). The van der Waals surface area contributed by atoms with E-state index in [1.807, 2.05) is 0 Å². The molecule has 3 N–H and O–H groups in total. The van der Waals surface area contributed by atoms with Crippen molar-refractivity contribution in [1.29, 1.82) is 0 Å². The van der Waals surface area contributed by atoms with E-state index in [-0.39, 0.29) is 38.6 Å². The number of phosphoric ester groups is 1. The minimum Gasteiger partial charge on any atom is -0.462 e. The van der Waals surface area contributed by atoms with Crippen LogP contribution in [0, 0.1) is 0 Å². The first kappa shape index (κ1) is 76.5. The molecule has 10 heteroatoms. The standard InChI is InChI=1S/C68H132NO8P/c1-3-5-7-9-11-13-15-17-19-21-22-23-24-25-26-27-28-29-30-31-32-33-34-35-36-37-38-39-40-41-42-43-45-46-48-50-52-54-56-58-60-67(70)74-64-66(65-76-78(72,73)75-63-62-69)77-68(71)61-59-57-55-53-51-49-47-44-20-18-16-14-12-10-8-6-4-2/h12,14,18,20,66H,3-11,13,15-17,19,21-65,69H2,1-2H3,(H,72,73)/b14-12-,20-18-. The summed E-state index contributed by atoms with van der Waals surface area (Å²) in [7, 11) is -4.39. The maximum Gasteiger partial charge on any atom is 0.472 e. The molecule has 78 heavy (non-hydrogen) atoms. The Morgan fingerprint density at radius 1 is 0.385 bits per heavy atom. The van der Waals surface area contributed by atoms with Crippen LogP contribution in [-0.4, -0.2) is 49.3 Å². The highest BCUT2D eigenvalue weighted by Gasteiger charge is 2.26. The van der Waals surface area contributed by atoms with E-state index in [0.717, 1.165) is 51.4 Å². The van der Waals surface area contributed by atoms with E-state index >= 15 is 0 Å². The lowest BCUT2D eigenvalue weighted by atomic mass is 10.0. The van der Waals surface area contributed by atoms with Crippen molar-refractivity contribution in [1.82, 2.24) is 0 Å². The summed E-state index contributed by atoms with van der Waals surface area (Å²) in [5, 5.41) is 0. The van der Waals surface area contributed by atoms with Gasteiger partial charge in [0.2, 0.25) is 0 Å². The van der Waals surface area contributed by atoms with Gasteiger partial charge in [-0.05, 0) is 44.9 Å². The number of nitrogens with two attached hydrogens (primary N) is 1. The van der Waals surface area contributed by atoms with Crippen LogP contribution in [0.3, 0.4) is 0 Å². The molecule has 0 spiro atoms. The third-order valence-electron chi connectivity index (χ3n) is 15.6. The lowest BCUT2D eigenvalue weighted by Gasteiger charge is -2.19. The highest BCUT2D eigenvalue weighted by atomic mass is 31.2. The normalized spacial score (nSPS) is 13.0. The first-order valence-electron chi connectivity index (χ1n) is 34.3. The van der Waals surface area contributed by atoms with Gasteiger partial charge in [-0.3, -0.25) is 18.6 Å². The summed E-state index contributed by atoms with van der Waals surface area (Å²) in [5.74, 6) is -0.819. The summed E-state index contributed by atoms with van der Waals surface area (Å²) < 4.78 is 33.1. The summed E-state index contributed by atoms with van der Waals surface area (Å²) >= 11 is 0. The molecule has 0 heterocycles. The molecule has 2 unspecified atom stereocenters. The zero-order valence-corrected chi connectivity index (χ0v) is 52.8. The molecule has 462 valence electrons. The molecule has 2 atom stereocenters. The second kappa shape index (κ2) is 64.7. The molecule has 0 aromatic heterocycles. The predicted molar refractivity (Wildman–Crippen MR) is 335 cm³/mol. The third-order valence-corrected chi connectivity index (χ3v) is 16.6. The van der Waals surface area contributed by atoms with Gasteiger partial charge in [0.15, 0.2) is 6.10 Å². The fraction of sp³-hybridized carbons (Fsp3) is 0.912. The topological polar surface area (TPSA) is 134 Å². The van der Waals surface area contributed by atoms with Crippen molar-refractivity contribution in [3.05, 3.63) is 24.3 Å². The molecule has 0 saturated carbocycles. The van der Waals surface area contributed by atoms with Gasteiger partial charge in [0.05, 0.1) is 13.2 Å². The molecule has 0 radical (unpaired) electrons. The van der Waals surface area contributed by atoms with Crippen LogP contribution in [0.15, 0.2) is 24.3 Å². The van der Waals surface area contributed by atoms with E-state index < -0.39 is 26.5 Å². The van der Waals surface area contributed by atoms with E-state index in [0.29, 0.717) is 6.42 Å². The van der Waals surface area contributed by atoms with Crippen LogP contribution < -0.4 is 5.73 Å². The van der Waals surface area contributed by atoms with Gasteiger partial charge in [0, 0.05) is 19.4 Å². The monoisotopic (exact) mass is 1120 g/mol. The summed E-state index contributed by atoms with van der Waals surface area (Å²) in [6.07, 6.45) is 78.7. The molecule has 9 nitrogen and oxygen atoms in total. The minimum absolute atomic E-state index is 0.0540. The Morgan fingerprint density at radius 2 is 0.667 bits per heavy atom. The van der Waals surface area contributed by atoms with Crippen LogP contribution in [0.25, 0.3) is 0 Å². The van der Waals surface area contributed by atoms with Crippen molar-refractivity contribution < 1.29 is 37.6 Å². The molecule has 0 bridgehead atoms. The van der Waals surface area contributed by atoms with E-state index in [9.17, 15) is 19.0 Å². The van der Waals surface area contributed by atoms with Gasteiger partial charge >= 0.3 is 19.8 Å². The van der Waals surface area contributed by atoms with Crippen LogP contribution in [0.2, 0.25) is 0 Å². The maximum atomic E-state index is 12.7. The van der Waals surface area contributed by atoms with Crippen LogP contribution in [0.1, 0.15) is 367 Å².